The number of carbonyl (C=O) groups excluding carboxylic acids is 2. The lowest BCUT2D eigenvalue weighted by molar-refractivity contribution is -0.384. The zero-order valence-corrected chi connectivity index (χ0v) is 19.9. The van der Waals surface area contributed by atoms with Gasteiger partial charge in [0.1, 0.15) is 11.5 Å². The van der Waals surface area contributed by atoms with Crippen LogP contribution in [0.1, 0.15) is 34.8 Å². The van der Waals surface area contributed by atoms with Crippen molar-refractivity contribution in [1.29, 1.82) is 0 Å². The first kappa shape index (κ1) is 23.2. The number of hydrogen-bond donors (Lipinski definition) is 1. The maximum atomic E-state index is 13.4. The highest BCUT2D eigenvalue weighted by Gasteiger charge is 2.46. The lowest BCUT2D eigenvalue weighted by Gasteiger charge is -2.24. The molecule has 0 spiro atoms. The Bertz CT molecular complexity index is 1570. The molecule has 0 aliphatic carbocycles. The summed E-state index contributed by atoms with van der Waals surface area (Å²) in [6, 6.07) is 12.7. The van der Waals surface area contributed by atoms with Gasteiger partial charge in [0, 0.05) is 12.1 Å². The number of aliphatic hydroxyl groups excluding tert-OH is 1. The van der Waals surface area contributed by atoms with Crippen molar-refractivity contribution in [3.05, 3.63) is 93.1 Å². The van der Waals surface area contributed by atoms with Crippen LogP contribution in [0.2, 0.25) is 0 Å². The van der Waals surface area contributed by atoms with Gasteiger partial charge in [0.25, 0.3) is 11.6 Å². The van der Waals surface area contributed by atoms with E-state index in [4.69, 9.17) is 9.15 Å². The van der Waals surface area contributed by atoms with Gasteiger partial charge in [-0.3, -0.25) is 24.6 Å². The molecule has 1 aliphatic rings. The van der Waals surface area contributed by atoms with Crippen LogP contribution in [0, 0.1) is 17.0 Å². The summed E-state index contributed by atoms with van der Waals surface area (Å²) in [7, 11) is 0. The lowest BCUT2D eigenvalue weighted by Crippen LogP contribution is -2.31. The molecular weight excluding hydrogens is 486 g/mol. The highest BCUT2D eigenvalue weighted by Crippen LogP contribution is 2.45. The molecule has 0 saturated heterocycles. The number of amides is 1. The number of nitrogens with zero attached hydrogens (tertiary/aromatic N) is 3. The number of aromatic nitrogens is 1. The molecule has 0 bridgehead atoms. The van der Waals surface area contributed by atoms with Crippen LogP contribution in [0.5, 0.6) is 5.75 Å². The summed E-state index contributed by atoms with van der Waals surface area (Å²) in [5, 5.41) is 22.5. The Morgan fingerprint density at radius 2 is 2.06 bits per heavy atom. The van der Waals surface area contributed by atoms with E-state index in [-0.39, 0.29) is 27.7 Å². The molecule has 2 aromatic carbocycles. The van der Waals surface area contributed by atoms with Gasteiger partial charge in [-0.1, -0.05) is 23.5 Å². The van der Waals surface area contributed by atoms with Crippen LogP contribution in [-0.4, -0.2) is 33.3 Å². The van der Waals surface area contributed by atoms with Crippen LogP contribution in [0.3, 0.4) is 0 Å². The van der Waals surface area contributed by atoms with E-state index in [9.17, 15) is 24.8 Å². The quantitative estimate of drug-likeness (QED) is 0.203. The predicted octanol–water partition coefficient (Wildman–Crippen LogP) is 5.29. The first-order valence-electron chi connectivity index (χ1n) is 10.9. The number of hydrogen-bond acceptors (Lipinski definition) is 9. The Kier molecular flexibility index (Phi) is 5.77. The number of aliphatic hydroxyl groups is 1. The summed E-state index contributed by atoms with van der Waals surface area (Å²) < 4.78 is 11.7. The Morgan fingerprint density at radius 1 is 1.25 bits per heavy atom. The smallest absolute Gasteiger partial charge is 0.296 e. The summed E-state index contributed by atoms with van der Waals surface area (Å²) in [5.74, 6) is -1.27. The van der Waals surface area contributed by atoms with E-state index in [0.29, 0.717) is 23.6 Å². The van der Waals surface area contributed by atoms with Crippen molar-refractivity contribution in [2.75, 3.05) is 11.5 Å². The van der Waals surface area contributed by atoms with Crippen molar-refractivity contribution in [2.24, 2.45) is 0 Å². The largest absolute Gasteiger partial charge is 0.503 e. The SMILES string of the molecule is CCOc1ccc2nc(N3C(=O)C(O)=C(C(=O)c4ccc(C)o4)[C@@H]3c3cccc([N+](=O)[O-])c3)sc2c1. The first-order chi connectivity index (χ1) is 17.3. The molecule has 1 atom stereocenters. The molecule has 1 N–H and O–H groups in total. The zero-order chi connectivity index (χ0) is 25.6. The number of carbonyl (C=O) groups is 2. The second-order valence-corrected chi connectivity index (χ2v) is 9.00. The van der Waals surface area contributed by atoms with Crippen molar-refractivity contribution >= 4 is 44.1 Å². The number of anilines is 1. The first-order valence-corrected chi connectivity index (χ1v) is 11.8. The second kappa shape index (κ2) is 8.93. The molecule has 36 heavy (non-hydrogen) atoms. The normalized spacial score (nSPS) is 15.7. The third-order valence-corrected chi connectivity index (χ3v) is 6.70. The molecule has 11 heteroatoms. The third kappa shape index (κ3) is 3.89. The number of furan rings is 1. The topological polar surface area (TPSA) is 136 Å². The fraction of sp³-hybridized carbons (Fsp3) is 0.160. The van der Waals surface area contributed by atoms with E-state index in [0.717, 1.165) is 4.70 Å². The number of ketones is 1. The Morgan fingerprint density at radius 3 is 2.75 bits per heavy atom. The molecular formula is C25H19N3O7S. The molecule has 0 radical (unpaired) electrons. The molecule has 0 unspecified atom stereocenters. The summed E-state index contributed by atoms with van der Waals surface area (Å²) >= 11 is 1.17. The van der Waals surface area contributed by atoms with Gasteiger partial charge in [-0.2, -0.15) is 0 Å². The number of aryl methyl sites for hydroxylation is 1. The van der Waals surface area contributed by atoms with Gasteiger partial charge in [0.15, 0.2) is 16.7 Å². The zero-order valence-electron chi connectivity index (χ0n) is 19.1. The van der Waals surface area contributed by atoms with Crippen molar-refractivity contribution in [2.45, 2.75) is 19.9 Å². The Balaban J connectivity index is 1.67. The minimum atomic E-state index is -1.16. The van der Waals surface area contributed by atoms with E-state index in [2.05, 4.69) is 4.98 Å². The van der Waals surface area contributed by atoms with Crippen molar-refractivity contribution in [3.8, 4) is 5.75 Å². The van der Waals surface area contributed by atoms with Gasteiger partial charge < -0.3 is 14.3 Å². The molecule has 4 aromatic rings. The van der Waals surface area contributed by atoms with E-state index >= 15 is 0 Å². The number of Topliss-reactive ketones (excluding diaryl/α,β-unsaturated/α-hetero) is 1. The molecule has 3 heterocycles. The number of rotatable bonds is 7. The number of non-ortho nitro benzene ring substituents is 1. The molecule has 0 saturated carbocycles. The fourth-order valence-electron chi connectivity index (χ4n) is 4.10. The lowest BCUT2D eigenvalue weighted by atomic mass is 9.95. The maximum absolute atomic E-state index is 13.4. The van der Waals surface area contributed by atoms with Crippen LogP contribution in [0.4, 0.5) is 10.8 Å². The van der Waals surface area contributed by atoms with Crippen LogP contribution in [0.25, 0.3) is 10.2 Å². The fourth-order valence-corrected chi connectivity index (χ4v) is 5.12. The summed E-state index contributed by atoms with van der Waals surface area (Å²) in [6.45, 7) is 4.00. The second-order valence-electron chi connectivity index (χ2n) is 7.99. The van der Waals surface area contributed by atoms with Gasteiger partial charge in [-0.15, -0.1) is 0 Å². The number of ether oxygens (including phenoxy) is 1. The van der Waals surface area contributed by atoms with Crippen LogP contribution in [0.15, 0.2) is 70.3 Å². The molecule has 1 aliphatic heterocycles. The molecule has 0 fully saturated rings. The van der Waals surface area contributed by atoms with Gasteiger partial charge in [0.05, 0.1) is 33.4 Å². The summed E-state index contributed by atoms with van der Waals surface area (Å²) in [6.07, 6.45) is 0. The summed E-state index contributed by atoms with van der Waals surface area (Å²) in [5.41, 5.74) is 0.383. The highest BCUT2D eigenvalue weighted by molar-refractivity contribution is 7.22. The number of fused-ring (bicyclic) bond motifs is 1. The van der Waals surface area contributed by atoms with Crippen molar-refractivity contribution in [1.82, 2.24) is 4.98 Å². The number of benzene rings is 2. The number of nitro benzene ring substituents is 1. The number of nitro groups is 1. The Labute approximate surface area is 208 Å². The molecule has 10 nitrogen and oxygen atoms in total. The summed E-state index contributed by atoms with van der Waals surface area (Å²) in [4.78, 5) is 43.4. The minimum Gasteiger partial charge on any atom is -0.503 e. The van der Waals surface area contributed by atoms with Crippen LogP contribution < -0.4 is 9.64 Å². The van der Waals surface area contributed by atoms with E-state index in [1.807, 2.05) is 6.92 Å². The minimum absolute atomic E-state index is 0.0650. The average Bonchev–Trinajstić information content (AvgIpc) is 3.55. The third-order valence-electron chi connectivity index (χ3n) is 5.68. The standard InChI is InChI=1S/C25H19N3O7S/c1-3-34-16-8-9-17-19(12-16)36-25(26-17)27-21(14-5-4-6-15(11-14)28(32)33)20(23(30)24(27)31)22(29)18-10-7-13(2)35-18/h4-12,21,30H,3H2,1-2H3/t21-/m0/s1. The maximum Gasteiger partial charge on any atom is 0.296 e. The average molecular weight is 506 g/mol. The van der Waals surface area contributed by atoms with Gasteiger partial charge in [-0.05, 0) is 49.7 Å². The Hall–Kier alpha value is -4.51. The van der Waals surface area contributed by atoms with Gasteiger partial charge in [0.2, 0.25) is 5.78 Å². The van der Waals surface area contributed by atoms with Gasteiger partial charge in [-0.25, -0.2) is 4.98 Å². The predicted molar refractivity (Wildman–Crippen MR) is 132 cm³/mol. The van der Waals surface area contributed by atoms with Crippen LogP contribution in [-0.2, 0) is 4.79 Å². The molecule has 2 aromatic heterocycles. The number of thiazole rings is 1. The van der Waals surface area contributed by atoms with E-state index in [1.54, 1.807) is 37.3 Å². The molecule has 182 valence electrons. The highest BCUT2D eigenvalue weighted by atomic mass is 32.1. The van der Waals surface area contributed by atoms with E-state index < -0.39 is 28.4 Å². The van der Waals surface area contributed by atoms with Gasteiger partial charge >= 0.3 is 0 Å². The van der Waals surface area contributed by atoms with Crippen molar-refractivity contribution < 1.29 is 28.8 Å². The van der Waals surface area contributed by atoms with Crippen molar-refractivity contribution in [3.63, 3.8) is 0 Å². The van der Waals surface area contributed by atoms with E-state index in [1.165, 1.54) is 40.5 Å². The molecule has 1 amide bonds. The van der Waals surface area contributed by atoms with Crippen LogP contribution >= 0.6 is 11.3 Å². The monoisotopic (exact) mass is 505 g/mol. The molecule has 5 rings (SSSR count).